The molecule has 0 spiro atoms. The number of rotatable bonds is 5. The van der Waals surface area contributed by atoms with E-state index in [2.05, 4.69) is 15.9 Å². The normalized spacial score (nSPS) is 11.6. The minimum absolute atomic E-state index is 0.212. The highest BCUT2D eigenvalue weighted by Crippen LogP contribution is 2.31. The maximum Gasteiger partial charge on any atom is 0.137 e. The summed E-state index contributed by atoms with van der Waals surface area (Å²) >= 11 is 3.23. The van der Waals surface area contributed by atoms with Crippen molar-refractivity contribution in [2.45, 2.75) is 11.8 Å². The van der Waals surface area contributed by atoms with Crippen molar-refractivity contribution in [1.29, 1.82) is 0 Å². The minimum atomic E-state index is -0.822. The van der Waals surface area contributed by atoms with E-state index in [0.29, 0.717) is 10.9 Å². The number of aliphatic hydroxyl groups excluding tert-OH is 2. The Morgan fingerprint density at radius 3 is 2.20 bits per heavy atom. The van der Waals surface area contributed by atoms with Gasteiger partial charge in [0.1, 0.15) is 5.82 Å². The smallest absolute Gasteiger partial charge is 0.137 e. The average Bonchev–Trinajstić information content (AvgIpc) is 2.50. The number of aliphatic hydroxyl groups is 2. The Morgan fingerprint density at radius 2 is 1.60 bits per heavy atom. The van der Waals surface area contributed by atoms with Gasteiger partial charge in [-0.2, -0.15) is 0 Å². The van der Waals surface area contributed by atoms with Gasteiger partial charge in [-0.1, -0.05) is 42.5 Å². The van der Waals surface area contributed by atoms with Crippen molar-refractivity contribution in [3.05, 3.63) is 69.9 Å². The Bertz CT molecular complexity index is 568. The van der Waals surface area contributed by atoms with Gasteiger partial charge in [-0.25, -0.2) is 4.39 Å². The zero-order chi connectivity index (χ0) is 14.6. The molecule has 2 nitrogen and oxygen atoms in total. The fraction of sp³-hybridized carbons (Fsp3) is 0.250. The van der Waals surface area contributed by atoms with E-state index in [4.69, 9.17) is 0 Å². The third kappa shape index (κ3) is 2.92. The molecule has 0 saturated carbocycles. The van der Waals surface area contributed by atoms with Gasteiger partial charge < -0.3 is 10.2 Å². The van der Waals surface area contributed by atoms with E-state index in [9.17, 15) is 14.6 Å². The van der Waals surface area contributed by atoms with Crippen LogP contribution in [0.1, 0.15) is 11.1 Å². The minimum Gasteiger partial charge on any atom is -0.395 e. The summed E-state index contributed by atoms with van der Waals surface area (Å²) in [4.78, 5) is 0. The summed E-state index contributed by atoms with van der Waals surface area (Å²) < 4.78 is 14.0. The third-order valence-corrected chi connectivity index (χ3v) is 4.44. The van der Waals surface area contributed by atoms with Crippen molar-refractivity contribution in [2.75, 3.05) is 13.2 Å². The molecular weight excluding hydrogens is 323 g/mol. The highest BCUT2D eigenvalue weighted by molar-refractivity contribution is 9.10. The summed E-state index contributed by atoms with van der Waals surface area (Å²) in [6, 6.07) is 14.1. The van der Waals surface area contributed by atoms with E-state index >= 15 is 0 Å². The quantitative estimate of drug-likeness (QED) is 0.879. The first-order valence-corrected chi connectivity index (χ1v) is 7.12. The number of halogens is 2. The Labute approximate surface area is 126 Å². The number of hydrogen-bond acceptors (Lipinski definition) is 2. The van der Waals surface area contributed by atoms with Crippen LogP contribution < -0.4 is 0 Å². The molecule has 0 aliphatic heterocycles. The fourth-order valence-electron chi connectivity index (χ4n) is 2.29. The molecule has 2 aromatic rings. The molecule has 0 bridgehead atoms. The third-order valence-electron chi connectivity index (χ3n) is 3.55. The van der Waals surface area contributed by atoms with Crippen LogP contribution in [0.15, 0.2) is 53.0 Å². The van der Waals surface area contributed by atoms with E-state index in [1.807, 2.05) is 30.3 Å². The predicted octanol–water partition coefficient (Wildman–Crippen LogP) is 3.05. The van der Waals surface area contributed by atoms with Crippen molar-refractivity contribution in [1.82, 2.24) is 0 Å². The van der Waals surface area contributed by atoms with E-state index < -0.39 is 5.41 Å². The molecule has 0 saturated heterocycles. The molecule has 106 valence electrons. The molecule has 2 N–H and O–H groups in total. The van der Waals surface area contributed by atoms with Crippen LogP contribution in [0.3, 0.4) is 0 Å². The van der Waals surface area contributed by atoms with Gasteiger partial charge in [-0.15, -0.1) is 0 Å². The molecule has 0 atom stereocenters. The van der Waals surface area contributed by atoms with Gasteiger partial charge in [0.05, 0.1) is 17.7 Å². The Balaban J connectivity index is 2.42. The first-order chi connectivity index (χ1) is 9.63. The van der Waals surface area contributed by atoms with E-state index in [1.165, 1.54) is 6.07 Å². The molecule has 20 heavy (non-hydrogen) atoms. The average molecular weight is 339 g/mol. The summed E-state index contributed by atoms with van der Waals surface area (Å²) in [5, 5.41) is 19.6. The molecule has 4 heteroatoms. The maximum atomic E-state index is 13.6. The lowest BCUT2D eigenvalue weighted by Crippen LogP contribution is -2.37. The van der Waals surface area contributed by atoms with Crippen molar-refractivity contribution in [3.8, 4) is 0 Å². The van der Waals surface area contributed by atoms with Crippen molar-refractivity contribution in [3.63, 3.8) is 0 Å². The lowest BCUT2D eigenvalue weighted by Gasteiger charge is -2.31. The van der Waals surface area contributed by atoms with Crippen LogP contribution in [0.5, 0.6) is 0 Å². The largest absolute Gasteiger partial charge is 0.395 e. The monoisotopic (exact) mass is 338 g/mol. The Hall–Kier alpha value is -1.23. The van der Waals surface area contributed by atoms with E-state index in [-0.39, 0.29) is 19.0 Å². The van der Waals surface area contributed by atoms with Gasteiger partial charge in [0, 0.05) is 5.41 Å². The molecule has 0 unspecified atom stereocenters. The van der Waals surface area contributed by atoms with Crippen LogP contribution >= 0.6 is 15.9 Å². The first kappa shape index (κ1) is 15.2. The van der Waals surface area contributed by atoms with Crippen LogP contribution in [0.2, 0.25) is 0 Å². The zero-order valence-corrected chi connectivity index (χ0v) is 12.5. The second-order valence-electron chi connectivity index (χ2n) is 4.85. The van der Waals surface area contributed by atoms with Gasteiger partial charge in [0.2, 0.25) is 0 Å². The second-order valence-corrected chi connectivity index (χ2v) is 5.65. The van der Waals surface area contributed by atoms with Gasteiger partial charge in [-0.05, 0) is 39.5 Å². The summed E-state index contributed by atoms with van der Waals surface area (Å²) in [6.07, 6.45) is 0.350. The van der Waals surface area contributed by atoms with Crippen LogP contribution in [-0.2, 0) is 11.8 Å². The molecular formula is C16H16BrFO2. The van der Waals surface area contributed by atoms with Crippen LogP contribution in [0.4, 0.5) is 4.39 Å². The van der Waals surface area contributed by atoms with E-state index in [1.54, 1.807) is 12.1 Å². The van der Waals surface area contributed by atoms with Crippen LogP contribution in [0, 0.1) is 5.82 Å². The molecule has 0 aliphatic carbocycles. The number of hydrogen-bond donors (Lipinski definition) is 2. The maximum absolute atomic E-state index is 13.6. The highest BCUT2D eigenvalue weighted by atomic mass is 79.9. The van der Waals surface area contributed by atoms with Gasteiger partial charge in [-0.3, -0.25) is 0 Å². The first-order valence-electron chi connectivity index (χ1n) is 6.33. The summed E-state index contributed by atoms with van der Waals surface area (Å²) in [5.41, 5.74) is 0.732. The standard InChI is InChI=1S/C16H16BrFO2/c17-15-12(5-4-8-14(15)18)9-16(10-19,11-20)13-6-2-1-3-7-13/h1-8,19-20H,9-11H2. The molecule has 0 heterocycles. The van der Waals surface area contributed by atoms with Crippen molar-refractivity contribution < 1.29 is 14.6 Å². The highest BCUT2D eigenvalue weighted by Gasteiger charge is 2.32. The Morgan fingerprint density at radius 1 is 0.950 bits per heavy atom. The summed E-state index contributed by atoms with van der Waals surface area (Å²) in [5.74, 6) is -0.347. The lowest BCUT2D eigenvalue weighted by atomic mass is 9.77. The molecule has 0 radical (unpaired) electrons. The molecule has 2 rings (SSSR count). The predicted molar refractivity (Wildman–Crippen MR) is 80.1 cm³/mol. The van der Waals surface area contributed by atoms with Crippen molar-refractivity contribution >= 4 is 15.9 Å². The van der Waals surface area contributed by atoms with E-state index in [0.717, 1.165) is 11.1 Å². The van der Waals surface area contributed by atoms with Gasteiger partial charge in [0.25, 0.3) is 0 Å². The number of benzene rings is 2. The van der Waals surface area contributed by atoms with Crippen LogP contribution in [-0.4, -0.2) is 23.4 Å². The second kappa shape index (κ2) is 6.48. The molecule has 0 aromatic heterocycles. The SMILES string of the molecule is OCC(CO)(Cc1cccc(F)c1Br)c1ccccc1. The van der Waals surface area contributed by atoms with Gasteiger partial charge in [0.15, 0.2) is 0 Å². The lowest BCUT2D eigenvalue weighted by molar-refractivity contribution is 0.116. The van der Waals surface area contributed by atoms with Crippen LogP contribution in [0.25, 0.3) is 0 Å². The summed E-state index contributed by atoms with van der Waals surface area (Å²) in [7, 11) is 0. The molecule has 0 aliphatic rings. The molecule has 0 fully saturated rings. The topological polar surface area (TPSA) is 40.5 Å². The molecule has 2 aromatic carbocycles. The zero-order valence-electron chi connectivity index (χ0n) is 10.9. The fourth-order valence-corrected chi connectivity index (χ4v) is 2.69. The summed E-state index contributed by atoms with van der Waals surface area (Å²) in [6.45, 7) is -0.424. The van der Waals surface area contributed by atoms with Gasteiger partial charge >= 0.3 is 0 Å². The Kier molecular flexibility index (Phi) is 4.91. The van der Waals surface area contributed by atoms with Crippen molar-refractivity contribution in [2.24, 2.45) is 0 Å². The molecule has 0 amide bonds.